The summed E-state index contributed by atoms with van der Waals surface area (Å²) < 4.78 is 11.9. The average Bonchev–Trinajstić information content (AvgIpc) is 3.28. The van der Waals surface area contributed by atoms with E-state index < -0.39 is 0 Å². The zero-order valence-electron chi connectivity index (χ0n) is 17.3. The maximum absolute atomic E-state index is 13.3. The third-order valence-electron chi connectivity index (χ3n) is 5.07. The van der Waals surface area contributed by atoms with Crippen LogP contribution in [0.25, 0.3) is 5.69 Å². The lowest BCUT2D eigenvalue weighted by atomic mass is 10.0. The monoisotopic (exact) mass is 474 g/mol. The molecule has 0 bridgehead atoms. The summed E-state index contributed by atoms with van der Waals surface area (Å²) in [5.74, 6) is 0.426. The highest BCUT2D eigenvalue weighted by Crippen LogP contribution is 2.25. The van der Waals surface area contributed by atoms with Crippen molar-refractivity contribution < 1.29 is 19.1 Å². The third-order valence-corrected chi connectivity index (χ3v) is 5.54. The van der Waals surface area contributed by atoms with Crippen LogP contribution >= 0.6 is 23.2 Å². The van der Waals surface area contributed by atoms with Gasteiger partial charge in [0.15, 0.2) is 5.78 Å². The number of carbonyl (C=O) groups excluding carboxylic acids is 2. The minimum Gasteiger partial charge on any atom is -0.497 e. The molecule has 10 heteroatoms. The lowest BCUT2D eigenvalue weighted by Crippen LogP contribution is -2.41. The van der Waals surface area contributed by atoms with Gasteiger partial charge in [-0.2, -0.15) is 0 Å². The molecule has 1 fully saturated rings. The number of ether oxygens (including phenoxy) is 2. The summed E-state index contributed by atoms with van der Waals surface area (Å²) in [5.41, 5.74) is 1.19. The highest BCUT2D eigenvalue weighted by Gasteiger charge is 2.26. The van der Waals surface area contributed by atoms with Gasteiger partial charge in [0, 0.05) is 29.2 Å². The molecular formula is C22H20Cl2N4O4. The van der Waals surface area contributed by atoms with Crippen molar-refractivity contribution in [3.63, 3.8) is 0 Å². The van der Waals surface area contributed by atoms with Gasteiger partial charge in [-0.3, -0.25) is 9.59 Å². The molecule has 2 heterocycles. The van der Waals surface area contributed by atoms with Gasteiger partial charge in [0.1, 0.15) is 11.6 Å². The van der Waals surface area contributed by atoms with E-state index in [1.54, 1.807) is 54.5 Å². The third kappa shape index (κ3) is 4.48. The van der Waals surface area contributed by atoms with Crippen molar-refractivity contribution in [2.45, 2.75) is 5.88 Å². The van der Waals surface area contributed by atoms with E-state index in [1.807, 2.05) is 0 Å². The van der Waals surface area contributed by atoms with Crippen LogP contribution in [0.15, 0.2) is 42.5 Å². The van der Waals surface area contributed by atoms with Crippen LogP contribution in [-0.4, -0.2) is 64.8 Å². The largest absolute Gasteiger partial charge is 0.497 e. The molecule has 1 amide bonds. The SMILES string of the molecule is COc1ccc(C(=O)c2cc(Cl)ccc2-n2nc(C(=O)N3CCOCC3)nc2CCl)cc1. The zero-order chi connectivity index (χ0) is 22.7. The number of hydrogen-bond acceptors (Lipinski definition) is 6. The highest BCUT2D eigenvalue weighted by molar-refractivity contribution is 6.31. The molecule has 0 saturated carbocycles. The molecule has 1 saturated heterocycles. The zero-order valence-corrected chi connectivity index (χ0v) is 18.8. The fraction of sp³-hybridized carbons (Fsp3) is 0.273. The molecule has 32 heavy (non-hydrogen) atoms. The smallest absolute Gasteiger partial charge is 0.293 e. The maximum atomic E-state index is 13.3. The molecule has 4 rings (SSSR count). The lowest BCUT2D eigenvalue weighted by Gasteiger charge is -2.25. The number of carbonyl (C=O) groups is 2. The molecular weight excluding hydrogens is 455 g/mol. The molecule has 166 valence electrons. The minimum absolute atomic E-state index is 0.00217. The number of halogens is 2. The van der Waals surface area contributed by atoms with E-state index in [0.29, 0.717) is 59.7 Å². The summed E-state index contributed by atoms with van der Waals surface area (Å²) in [6, 6.07) is 11.6. The molecule has 1 aromatic heterocycles. The number of methoxy groups -OCH3 is 1. The van der Waals surface area contributed by atoms with Crippen molar-refractivity contribution in [3.05, 3.63) is 70.3 Å². The second kappa shape index (κ2) is 9.68. The predicted octanol–water partition coefficient (Wildman–Crippen LogP) is 3.37. The van der Waals surface area contributed by atoms with Crippen molar-refractivity contribution >= 4 is 34.9 Å². The van der Waals surface area contributed by atoms with E-state index in [4.69, 9.17) is 32.7 Å². The maximum Gasteiger partial charge on any atom is 0.293 e. The Morgan fingerprint density at radius 3 is 2.50 bits per heavy atom. The number of alkyl halides is 1. The molecule has 0 unspecified atom stereocenters. The highest BCUT2D eigenvalue weighted by atomic mass is 35.5. The van der Waals surface area contributed by atoms with Crippen molar-refractivity contribution in [2.24, 2.45) is 0 Å². The Bertz CT molecular complexity index is 1140. The topological polar surface area (TPSA) is 86.6 Å². The van der Waals surface area contributed by atoms with E-state index in [2.05, 4.69) is 10.1 Å². The van der Waals surface area contributed by atoms with E-state index in [1.165, 1.54) is 4.68 Å². The number of rotatable bonds is 6. The molecule has 1 aliphatic rings. The molecule has 0 N–H and O–H groups in total. The van der Waals surface area contributed by atoms with Gasteiger partial charge in [0.2, 0.25) is 5.82 Å². The molecule has 0 radical (unpaired) electrons. The van der Waals surface area contributed by atoms with Gasteiger partial charge >= 0.3 is 0 Å². The van der Waals surface area contributed by atoms with Crippen molar-refractivity contribution in [2.75, 3.05) is 33.4 Å². The summed E-state index contributed by atoms with van der Waals surface area (Å²) in [5, 5.41) is 4.79. The summed E-state index contributed by atoms with van der Waals surface area (Å²) >= 11 is 12.3. The molecule has 2 aromatic carbocycles. The van der Waals surface area contributed by atoms with Crippen LogP contribution in [0, 0.1) is 0 Å². The van der Waals surface area contributed by atoms with E-state index in [0.717, 1.165) is 0 Å². The van der Waals surface area contributed by atoms with Crippen LogP contribution in [0.1, 0.15) is 32.4 Å². The lowest BCUT2D eigenvalue weighted by molar-refractivity contribution is 0.0295. The van der Waals surface area contributed by atoms with Gasteiger partial charge in [0.25, 0.3) is 5.91 Å². The summed E-state index contributed by atoms with van der Waals surface area (Å²) in [6.45, 7) is 1.86. The summed E-state index contributed by atoms with van der Waals surface area (Å²) in [4.78, 5) is 32.1. The van der Waals surface area contributed by atoms with E-state index in [-0.39, 0.29) is 23.4 Å². The van der Waals surface area contributed by atoms with Crippen molar-refractivity contribution in [1.82, 2.24) is 19.7 Å². The van der Waals surface area contributed by atoms with Crippen LogP contribution in [0.3, 0.4) is 0 Å². The summed E-state index contributed by atoms with van der Waals surface area (Å²) in [6.07, 6.45) is 0. The molecule has 3 aromatic rings. The Kier molecular flexibility index (Phi) is 6.74. The van der Waals surface area contributed by atoms with E-state index in [9.17, 15) is 9.59 Å². The number of hydrogen-bond donors (Lipinski definition) is 0. The first-order valence-corrected chi connectivity index (χ1v) is 10.8. The summed E-state index contributed by atoms with van der Waals surface area (Å²) in [7, 11) is 1.56. The first-order valence-electron chi connectivity index (χ1n) is 9.89. The first-order chi connectivity index (χ1) is 15.5. The van der Waals surface area contributed by atoms with Crippen LogP contribution in [0.2, 0.25) is 5.02 Å². The Hall–Kier alpha value is -2.94. The molecule has 8 nitrogen and oxygen atoms in total. The Morgan fingerprint density at radius 2 is 1.84 bits per heavy atom. The van der Waals surface area contributed by atoms with Crippen molar-refractivity contribution in [3.8, 4) is 11.4 Å². The second-order valence-corrected chi connectivity index (χ2v) is 7.72. The van der Waals surface area contributed by atoms with E-state index >= 15 is 0 Å². The fourth-order valence-corrected chi connectivity index (χ4v) is 3.74. The van der Waals surface area contributed by atoms with Gasteiger partial charge in [-0.05, 0) is 42.5 Å². The molecule has 1 aliphatic heterocycles. The fourth-order valence-electron chi connectivity index (χ4n) is 3.39. The van der Waals surface area contributed by atoms with Gasteiger partial charge in [-0.1, -0.05) is 11.6 Å². The quantitative estimate of drug-likeness (QED) is 0.402. The van der Waals surface area contributed by atoms with Crippen molar-refractivity contribution in [1.29, 1.82) is 0 Å². The van der Waals surface area contributed by atoms with Gasteiger partial charge in [-0.15, -0.1) is 16.7 Å². The number of aromatic nitrogens is 3. The number of ketones is 1. The average molecular weight is 475 g/mol. The number of amides is 1. The minimum atomic E-state index is -0.310. The normalized spacial score (nSPS) is 13.8. The Morgan fingerprint density at radius 1 is 1.12 bits per heavy atom. The van der Waals surface area contributed by atoms with Gasteiger partial charge in [-0.25, -0.2) is 9.67 Å². The molecule has 0 aliphatic carbocycles. The Balaban J connectivity index is 1.74. The first kappa shape index (κ1) is 22.3. The van der Waals surface area contributed by atoms with Crippen LogP contribution < -0.4 is 4.74 Å². The molecule has 0 spiro atoms. The number of benzene rings is 2. The Labute approximate surface area is 194 Å². The van der Waals surface area contributed by atoms with Crippen LogP contribution in [-0.2, 0) is 10.6 Å². The predicted molar refractivity (Wildman–Crippen MR) is 119 cm³/mol. The molecule has 0 atom stereocenters. The standard InChI is InChI=1S/C22H20Cl2N4O4/c1-31-16-5-2-14(3-6-16)20(29)17-12-15(24)4-7-18(17)28-19(13-23)25-21(26-28)22(30)27-8-10-32-11-9-27/h2-7,12H,8-11,13H2,1H3. The van der Waals surface area contributed by atoms with Gasteiger partial charge < -0.3 is 14.4 Å². The number of morpholine rings is 1. The van der Waals surface area contributed by atoms with Crippen LogP contribution in [0.4, 0.5) is 0 Å². The van der Waals surface area contributed by atoms with Crippen LogP contribution in [0.5, 0.6) is 5.75 Å². The van der Waals surface area contributed by atoms with Gasteiger partial charge in [0.05, 0.1) is 31.9 Å². The number of nitrogens with zero attached hydrogens (tertiary/aromatic N) is 4. The second-order valence-electron chi connectivity index (χ2n) is 7.02.